The molecule has 2 aromatic rings. The molecule has 2 nitrogen and oxygen atoms in total. The first-order valence-corrected chi connectivity index (χ1v) is 6.70. The molecule has 0 saturated carbocycles. The van der Waals surface area contributed by atoms with Crippen LogP contribution in [0.3, 0.4) is 0 Å². The van der Waals surface area contributed by atoms with E-state index in [9.17, 15) is 0 Å². The lowest BCUT2D eigenvalue weighted by Gasteiger charge is -2.21. The standard InChI is InChI=1S/C17H22N2/c1-12-5-8-15(9-6-12)19-17(11-18)16-10-13(2)4-7-14(16)3/h4-10,17,19H,11,18H2,1-3H3. The lowest BCUT2D eigenvalue weighted by molar-refractivity contribution is 0.782. The Morgan fingerprint density at radius 1 is 0.947 bits per heavy atom. The summed E-state index contributed by atoms with van der Waals surface area (Å²) >= 11 is 0. The summed E-state index contributed by atoms with van der Waals surface area (Å²) in [5.74, 6) is 0. The van der Waals surface area contributed by atoms with Crippen LogP contribution in [-0.4, -0.2) is 6.54 Å². The van der Waals surface area contributed by atoms with E-state index in [0.717, 1.165) is 5.69 Å². The van der Waals surface area contributed by atoms with E-state index in [1.165, 1.54) is 22.3 Å². The van der Waals surface area contributed by atoms with Gasteiger partial charge in [-0.3, -0.25) is 0 Å². The summed E-state index contributed by atoms with van der Waals surface area (Å²) < 4.78 is 0. The predicted molar refractivity (Wildman–Crippen MR) is 82.5 cm³/mol. The topological polar surface area (TPSA) is 38.0 Å². The number of nitrogens with two attached hydrogens (primary N) is 1. The molecule has 19 heavy (non-hydrogen) atoms. The minimum atomic E-state index is 0.155. The van der Waals surface area contributed by atoms with Crippen LogP contribution in [0.5, 0.6) is 0 Å². The average Bonchev–Trinajstić information content (AvgIpc) is 2.41. The van der Waals surface area contributed by atoms with Crippen molar-refractivity contribution in [1.82, 2.24) is 0 Å². The van der Waals surface area contributed by atoms with Gasteiger partial charge < -0.3 is 11.1 Å². The van der Waals surface area contributed by atoms with Gasteiger partial charge in [-0.15, -0.1) is 0 Å². The maximum absolute atomic E-state index is 5.94. The summed E-state index contributed by atoms with van der Waals surface area (Å²) in [5, 5.41) is 3.52. The van der Waals surface area contributed by atoms with Crippen molar-refractivity contribution in [3.63, 3.8) is 0 Å². The monoisotopic (exact) mass is 254 g/mol. The number of anilines is 1. The molecular weight excluding hydrogens is 232 g/mol. The van der Waals surface area contributed by atoms with Crippen LogP contribution < -0.4 is 11.1 Å². The van der Waals surface area contributed by atoms with Gasteiger partial charge in [-0.2, -0.15) is 0 Å². The van der Waals surface area contributed by atoms with Crippen molar-refractivity contribution in [3.05, 3.63) is 64.7 Å². The fourth-order valence-electron chi connectivity index (χ4n) is 2.25. The van der Waals surface area contributed by atoms with E-state index >= 15 is 0 Å². The minimum Gasteiger partial charge on any atom is -0.377 e. The molecule has 0 aliphatic heterocycles. The highest BCUT2D eigenvalue weighted by molar-refractivity contribution is 5.48. The molecule has 0 saturated heterocycles. The summed E-state index contributed by atoms with van der Waals surface area (Å²) in [6.45, 7) is 6.92. The first-order valence-electron chi connectivity index (χ1n) is 6.70. The molecule has 0 spiro atoms. The highest BCUT2D eigenvalue weighted by Crippen LogP contribution is 2.23. The summed E-state index contributed by atoms with van der Waals surface area (Å²) in [7, 11) is 0. The Morgan fingerprint density at radius 2 is 1.58 bits per heavy atom. The van der Waals surface area contributed by atoms with Crippen molar-refractivity contribution in [1.29, 1.82) is 0 Å². The van der Waals surface area contributed by atoms with Crippen LogP contribution in [0.1, 0.15) is 28.3 Å². The van der Waals surface area contributed by atoms with Gasteiger partial charge in [-0.1, -0.05) is 41.5 Å². The van der Waals surface area contributed by atoms with Crippen LogP contribution in [0.2, 0.25) is 0 Å². The van der Waals surface area contributed by atoms with Crippen molar-refractivity contribution in [2.24, 2.45) is 5.73 Å². The molecule has 2 rings (SSSR count). The predicted octanol–water partition coefficient (Wildman–Crippen LogP) is 3.72. The van der Waals surface area contributed by atoms with Gasteiger partial charge in [0.05, 0.1) is 6.04 Å². The smallest absolute Gasteiger partial charge is 0.0638 e. The van der Waals surface area contributed by atoms with Crippen LogP contribution in [0, 0.1) is 20.8 Å². The van der Waals surface area contributed by atoms with Crippen molar-refractivity contribution in [2.45, 2.75) is 26.8 Å². The summed E-state index contributed by atoms with van der Waals surface area (Å²) in [5.41, 5.74) is 12.1. The zero-order valence-corrected chi connectivity index (χ0v) is 11.9. The number of hydrogen-bond acceptors (Lipinski definition) is 2. The Hall–Kier alpha value is -1.80. The Balaban J connectivity index is 2.24. The van der Waals surface area contributed by atoms with Gasteiger partial charge in [0.1, 0.15) is 0 Å². The first-order chi connectivity index (χ1) is 9.10. The Labute approximate surface area is 115 Å². The van der Waals surface area contributed by atoms with Crippen LogP contribution >= 0.6 is 0 Å². The van der Waals surface area contributed by atoms with Crippen molar-refractivity contribution < 1.29 is 0 Å². The van der Waals surface area contributed by atoms with E-state index in [-0.39, 0.29) is 6.04 Å². The van der Waals surface area contributed by atoms with E-state index in [1.54, 1.807) is 0 Å². The van der Waals surface area contributed by atoms with Crippen LogP contribution in [0.15, 0.2) is 42.5 Å². The largest absolute Gasteiger partial charge is 0.377 e. The third-order valence-corrected chi connectivity index (χ3v) is 3.44. The lowest BCUT2D eigenvalue weighted by Crippen LogP contribution is -2.21. The quantitative estimate of drug-likeness (QED) is 0.872. The second kappa shape index (κ2) is 5.89. The number of hydrogen-bond donors (Lipinski definition) is 2. The zero-order valence-electron chi connectivity index (χ0n) is 11.9. The third-order valence-electron chi connectivity index (χ3n) is 3.44. The molecule has 1 unspecified atom stereocenters. The molecule has 0 aliphatic carbocycles. The fraction of sp³-hybridized carbons (Fsp3) is 0.294. The van der Waals surface area contributed by atoms with Gasteiger partial charge in [-0.05, 0) is 44.0 Å². The van der Waals surface area contributed by atoms with E-state index in [1.807, 2.05) is 0 Å². The van der Waals surface area contributed by atoms with Gasteiger partial charge in [0.15, 0.2) is 0 Å². The molecule has 0 aromatic heterocycles. The maximum atomic E-state index is 5.94. The Kier molecular flexibility index (Phi) is 4.23. The molecule has 0 aliphatic rings. The summed E-state index contributed by atoms with van der Waals surface area (Å²) in [6, 6.07) is 15.1. The Bertz CT molecular complexity index is 544. The average molecular weight is 254 g/mol. The number of aryl methyl sites for hydroxylation is 3. The number of rotatable bonds is 4. The summed E-state index contributed by atoms with van der Waals surface area (Å²) in [6.07, 6.45) is 0. The fourth-order valence-corrected chi connectivity index (χ4v) is 2.25. The van der Waals surface area contributed by atoms with Crippen molar-refractivity contribution >= 4 is 5.69 Å². The van der Waals surface area contributed by atoms with Gasteiger partial charge >= 0.3 is 0 Å². The molecule has 2 heteroatoms. The molecule has 0 fully saturated rings. The zero-order chi connectivity index (χ0) is 13.8. The highest BCUT2D eigenvalue weighted by atomic mass is 14.9. The van der Waals surface area contributed by atoms with E-state index in [2.05, 4.69) is 68.6 Å². The first kappa shape index (κ1) is 13.6. The lowest BCUT2D eigenvalue weighted by atomic mass is 9.98. The van der Waals surface area contributed by atoms with Gasteiger partial charge in [0, 0.05) is 12.2 Å². The Morgan fingerprint density at radius 3 is 2.21 bits per heavy atom. The van der Waals surface area contributed by atoms with Crippen LogP contribution in [0.25, 0.3) is 0 Å². The SMILES string of the molecule is Cc1ccc(NC(CN)c2cc(C)ccc2C)cc1. The minimum absolute atomic E-state index is 0.155. The molecule has 0 radical (unpaired) electrons. The molecular formula is C17H22N2. The normalized spacial score (nSPS) is 12.2. The molecule has 1 atom stereocenters. The maximum Gasteiger partial charge on any atom is 0.0638 e. The number of nitrogens with one attached hydrogen (secondary N) is 1. The van der Waals surface area contributed by atoms with Crippen molar-refractivity contribution in [3.8, 4) is 0 Å². The van der Waals surface area contributed by atoms with E-state index in [4.69, 9.17) is 5.73 Å². The van der Waals surface area contributed by atoms with E-state index < -0.39 is 0 Å². The summed E-state index contributed by atoms with van der Waals surface area (Å²) in [4.78, 5) is 0. The second-order valence-electron chi connectivity index (χ2n) is 5.16. The molecule has 0 amide bonds. The molecule has 100 valence electrons. The molecule has 0 heterocycles. The van der Waals surface area contributed by atoms with Crippen LogP contribution in [-0.2, 0) is 0 Å². The van der Waals surface area contributed by atoms with Gasteiger partial charge in [0.25, 0.3) is 0 Å². The molecule has 3 N–H and O–H groups in total. The molecule has 2 aromatic carbocycles. The molecule has 0 bridgehead atoms. The van der Waals surface area contributed by atoms with Gasteiger partial charge in [-0.25, -0.2) is 0 Å². The number of benzene rings is 2. The third kappa shape index (κ3) is 3.36. The van der Waals surface area contributed by atoms with Gasteiger partial charge in [0.2, 0.25) is 0 Å². The highest BCUT2D eigenvalue weighted by Gasteiger charge is 2.12. The van der Waals surface area contributed by atoms with E-state index in [0.29, 0.717) is 6.54 Å². The van der Waals surface area contributed by atoms with Crippen molar-refractivity contribution in [2.75, 3.05) is 11.9 Å². The second-order valence-corrected chi connectivity index (χ2v) is 5.16. The van der Waals surface area contributed by atoms with Crippen LogP contribution in [0.4, 0.5) is 5.69 Å².